The number of nitrogens with two attached hydrogens (primary N) is 1. The Morgan fingerprint density at radius 3 is 2.65 bits per heavy atom. The minimum Gasteiger partial charge on any atom is -0.496 e. The fourth-order valence-corrected chi connectivity index (χ4v) is 4.24. The molecule has 5 heteroatoms. The molecule has 0 fully saturated rings. The lowest BCUT2D eigenvalue weighted by molar-refractivity contribution is 0.412. The normalized spacial score (nSPS) is 11.3. The van der Waals surface area contributed by atoms with Crippen molar-refractivity contribution in [3.8, 4) is 17.0 Å². The zero-order chi connectivity index (χ0) is 16.6. The predicted octanol–water partition coefficient (Wildman–Crippen LogP) is 3.75. The molecule has 0 unspecified atom stereocenters. The third-order valence-electron chi connectivity index (χ3n) is 4.25. The molecule has 0 bridgehead atoms. The number of rotatable bonds is 5. The van der Waals surface area contributed by atoms with E-state index in [1.165, 1.54) is 16.3 Å². The Hall–Kier alpha value is -1.85. The van der Waals surface area contributed by atoms with Gasteiger partial charge in [0.1, 0.15) is 5.75 Å². The van der Waals surface area contributed by atoms with E-state index in [-0.39, 0.29) is 0 Å². The average Bonchev–Trinajstić information content (AvgIpc) is 3.03. The van der Waals surface area contributed by atoms with E-state index in [0.29, 0.717) is 6.54 Å². The number of thiazole rings is 1. The quantitative estimate of drug-likeness (QED) is 0.775. The number of aromatic nitrogens is 2. The molecule has 0 aliphatic rings. The summed E-state index contributed by atoms with van der Waals surface area (Å²) in [5.41, 5.74) is 11.7. The fraction of sp³-hybridized carbons (Fsp3) is 0.389. The number of ether oxygens (including phenoxy) is 1. The lowest BCUT2D eigenvalue weighted by atomic mass is 10.1. The highest BCUT2D eigenvalue weighted by molar-refractivity contribution is 7.17. The average molecular weight is 329 g/mol. The standard InChI is InChI=1S/C18H23N3OS/c1-5-14-12(3)23-18-20-17(15(8-9-19)21(14)18)13-6-7-16(22-4)11(2)10-13/h6-7,10H,5,8-9,19H2,1-4H3. The molecule has 0 aliphatic carbocycles. The lowest BCUT2D eigenvalue weighted by Crippen LogP contribution is -2.07. The highest BCUT2D eigenvalue weighted by Gasteiger charge is 2.19. The fourth-order valence-electron chi connectivity index (χ4n) is 3.16. The van der Waals surface area contributed by atoms with Crippen LogP contribution in [0.5, 0.6) is 5.75 Å². The summed E-state index contributed by atoms with van der Waals surface area (Å²) in [7, 11) is 1.70. The monoisotopic (exact) mass is 329 g/mol. The van der Waals surface area contributed by atoms with E-state index >= 15 is 0 Å². The summed E-state index contributed by atoms with van der Waals surface area (Å²) in [4.78, 5) is 7.31. The number of hydrogen-bond donors (Lipinski definition) is 1. The molecule has 2 heterocycles. The van der Waals surface area contributed by atoms with Crippen molar-refractivity contribution in [2.75, 3.05) is 13.7 Å². The van der Waals surface area contributed by atoms with Crippen LogP contribution < -0.4 is 10.5 Å². The maximum atomic E-state index is 5.87. The molecule has 0 aliphatic heterocycles. The molecule has 122 valence electrons. The van der Waals surface area contributed by atoms with E-state index in [4.69, 9.17) is 15.5 Å². The van der Waals surface area contributed by atoms with Crippen LogP contribution in [0.25, 0.3) is 16.2 Å². The molecule has 3 rings (SSSR count). The van der Waals surface area contributed by atoms with Crippen molar-refractivity contribution in [3.63, 3.8) is 0 Å². The van der Waals surface area contributed by atoms with Crippen LogP contribution in [0.4, 0.5) is 0 Å². The van der Waals surface area contributed by atoms with Gasteiger partial charge in [0.15, 0.2) is 4.96 Å². The molecule has 2 N–H and O–H groups in total. The summed E-state index contributed by atoms with van der Waals surface area (Å²) in [5, 5.41) is 0. The van der Waals surface area contributed by atoms with Gasteiger partial charge in [-0.1, -0.05) is 6.92 Å². The van der Waals surface area contributed by atoms with Crippen molar-refractivity contribution in [1.29, 1.82) is 0 Å². The van der Waals surface area contributed by atoms with Gasteiger partial charge in [-0.05, 0) is 50.6 Å². The first kappa shape index (κ1) is 16.0. The van der Waals surface area contributed by atoms with Crippen LogP contribution in [0.3, 0.4) is 0 Å². The van der Waals surface area contributed by atoms with Gasteiger partial charge in [-0.25, -0.2) is 4.98 Å². The Labute approximate surface area is 140 Å². The highest BCUT2D eigenvalue weighted by Crippen LogP contribution is 2.33. The van der Waals surface area contributed by atoms with Crippen molar-refractivity contribution < 1.29 is 4.74 Å². The van der Waals surface area contributed by atoms with Gasteiger partial charge in [0, 0.05) is 22.6 Å². The summed E-state index contributed by atoms with van der Waals surface area (Å²) in [5.74, 6) is 0.903. The first-order chi connectivity index (χ1) is 11.1. The molecule has 4 nitrogen and oxygen atoms in total. The van der Waals surface area contributed by atoms with Gasteiger partial charge in [0.2, 0.25) is 0 Å². The number of methoxy groups -OCH3 is 1. The molecule has 0 atom stereocenters. The molecule has 23 heavy (non-hydrogen) atoms. The molecule has 0 radical (unpaired) electrons. The first-order valence-electron chi connectivity index (χ1n) is 7.95. The van der Waals surface area contributed by atoms with E-state index in [9.17, 15) is 0 Å². The Bertz CT molecular complexity index is 848. The zero-order valence-electron chi connectivity index (χ0n) is 14.1. The van der Waals surface area contributed by atoms with Crippen LogP contribution in [0, 0.1) is 13.8 Å². The van der Waals surface area contributed by atoms with Gasteiger partial charge < -0.3 is 10.5 Å². The van der Waals surface area contributed by atoms with Crippen LogP contribution in [0.15, 0.2) is 18.2 Å². The number of aryl methyl sites for hydroxylation is 3. The van der Waals surface area contributed by atoms with Gasteiger partial charge in [0.05, 0.1) is 18.5 Å². The molecule has 2 aromatic heterocycles. The summed E-state index contributed by atoms with van der Waals surface area (Å²) in [6.07, 6.45) is 1.82. The van der Waals surface area contributed by atoms with E-state index in [1.54, 1.807) is 18.4 Å². The Morgan fingerprint density at radius 1 is 1.26 bits per heavy atom. The van der Waals surface area contributed by atoms with Gasteiger partial charge in [-0.15, -0.1) is 11.3 Å². The van der Waals surface area contributed by atoms with E-state index in [0.717, 1.165) is 40.4 Å². The van der Waals surface area contributed by atoms with E-state index < -0.39 is 0 Å². The Kier molecular flexibility index (Phi) is 4.41. The number of benzene rings is 1. The number of imidazole rings is 1. The second kappa shape index (κ2) is 6.34. The third kappa shape index (κ3) is 2.64. The SMILES string of the molecule is CCc1c(C)sc2nc(-c3ccc(OC)c(C)c3)c(CCN)n12. The van der Waals surface area contributed by atoms with Crippen LogP contribution in [0.2, 0.25) is 0 Å². The highest BCUT2D eigenvalue weighted by atomic mass is 32.1. The minimum atomic E-state index is 0.619. The van der Waals surface area contributed by atoms with Crippen LogP contribution in [0.1, 0.15) is 28.8 Å². The third-order valence-corrected chi connectivity index (χ3v) is 5.25. The number of hydrogen-bond acceptors (Lipinski definition) is 4. The van der Waals surface area contributed by atoms with E-state index in [1.807, 2.05) is 6.07 Å². The molecule has 0 saturated heterocycles. The summed E-state index contributed by atoms with van der Waals surface area (Å²) >= 11 is 1.76. The summed E-state index contributed by atoms with van der Waals surface area (Å²) < 4.78 is 7.67. The van der Waals surface area contributed by atoms with Crippen LogP contribution in [-0.2, 0) is 12.8 Å². The van der Waals surface area contributed by atoms with Gasteiger partial charge in [-0.3, -0.25) is 4.40 Å². The minimum absolute atomic E-state index is 0.619. The van der Waals surface area contributed by atoms with Crippen molar-refractivity contribution in [2.24, 2.45) is 5.73 Å². The molecule has 1 aromatic carbocycles. The smallest absolute Gasteiger partial charge is 0.194 e. The second-order valence-corrected chi connectivity index (χ2v) is 6.89. The van der Waals surface area contributed by atoms with Gasteiger partial charge in [0.25, 0.3) is 0 Å². The Morgan fingerprint density at radius 2 is 2.04 bits per heavy atom. The molecule has 0 spiro atoms. The van der Waals surface area contributed by atoms with Gasteiger partial charge >= 0.3 is 0 Å². The van der Waals surface area contributed by atoms with Crippen molar-refractivity contribution in [1.82, 2.24) is 9.38 Å². The largest absolute Gasteiger partial charge is 0.496 e. The molecular formula is C18H23N3OS. The van der Waals surface area contributed by atoms with Crippen LogP contribution in [-0.4, -0.2) is 23.0 Å². The van der Waals surface area contributed by atoms with E-state index in [2.05, 4.69) is 37.3 Å². The summed E-state index contributed by atoms with van der Waals surface area (Å²) in [6.45, 7) is 7.04. The summed E-state index contributed by atoms with van der Waals surface area (Å²) in [6, 6.07) is 6.23. The maximum Gasteiger partial charge on any atom is 0.194 e. The van der Waals surface area contributed by atoms with Crippen molar-refractivity contribution >= 4 is 16.3 Å². The lowest BCUT2D eigenvalue weighted by Gasteiger charge is -2.09. The number of nitrogens with zero attached hydrogens (tertiary/aromatic N) is 2. The van der Waals surface area contributed by atoms with Crippen molar-refractivity contribution in [3.05, 3.63) is 40.0 Å². The Balaban J connectivity index is 2.22. The number of fused-ring (bicyclic) bond motifs is 1. The molecule has 3 aromatic rings. The molecular weight excluding hydrogens is 306 g/mol. The van der Waals surface area contributed by atoms with Gasteiger partial charge in [-0.2, -0.15) is 0 Å². The molecule has 0 amide bonds. The molecule has 0 saturated carbocycles. The topological polar surface area (TPSA) is 52.5 Å². The van der Waals surface area contributed by atoms with Crippen molar-refractivity contribution in [2.45, 2.75) is 33.6 Å². The van der Waals surface area contributed by atoms with Crippen LogP contribution >= 0.6 is 11.3 Å². The first-order valence-corrected chi connectivity index (χ1v) is 8.77. The second-order valence-electron chi connectivity index (χ2n) is 5.71. The maximum absolute atomic E-state index is 5.87. The zero-order valence-corrected chi connectivity index (χ0v) is 15.0. The predicted molar refractivity (Wildman–Crippen MR) is 96.7 cm³/mol.